The molecule has 0 fully saturated rings. The van der Waals surface area contributed by atoms with Gasteiger partial charge in [0.05, 0.1) is 27.0 Å². The van der Waals surface area contributed by atoms with Gasteiger partial charge < -0.3 is 5.32 Å². The van der Waals surface area contributed by atoms with E-state index in [1.807, 2.05) is 60.7 Å². The number of anilines is 1. The van der Waals surface area contributed by atoms with E-state index in [-0.39, 0.29) is 5.91 Å². The van der Waals surface area contributed by atoms with Gasteiger partial charge in [-0.1, -0.05) is 60.7 Å². The van der Waals surface area contributed by atoms with Gasteiger partial charge in [-0.25, -0.2) is 0 Å². The lowest BCUT2D eigenvalue weighted by Crippen LogP contribution is -2.15. The number of nitrogens with one attached hydrogen (secondary N) is 1. The Hall–Kier alpha value is -2.72. The van der Waals surface area contributed by atoms with Crippen LogP contribution in [0.3, 0.4) is 0 Å². The molecule has 0 aliphatic heterocycles. The van der Waals surface area contributed by atoms with Gasteiger partial charge in [0.15, 0.2) is 0 Å². The third-order valence-corrected chi connectivity index (χ3v) is 4.99. The number of amides is 1. The number of hydrogen-bond acceptors (Lipinski definition) is 2. The van der Waals surface area contributed by atoms with Crippen molar-refractivity contribution in [3.8, 4) is 0 Å². The number of para-hydroxylation sites is 1. The summed E-state index contributed by atoms with van der Waals surface area (Å²) >= 11 is 0. The summed E-state index contributed by atoms with van der Waals surface area (Å²) in [7, 11) is -1.29. The summed E-state index contributed by atoms with van der Waals surface area (Å²) in [6, 6.07) is 25.9. The molecule has 24 heavy (non-hydrogen) atoms. The van der Waals surface area contributed by atoms with Crippen LogP contribution in [-0.2, 0) is 16.6 Å². The van der Waals surface area contributed by atoms with Gasteiger partial charge in [-0.3, -0.25) is 9.00 Å². The third-order valence-electron chi connectivity index (χ3n) is 3.55. The highest BCUT2D eigenvalue weighted by Crippen LogP contribution is 2.19. The van der Waals surface area contributed by atoms with Crippen molar-refractivity contribution < 1.29 is 9.00 Å². The Morgan fingerprint density at radius 3 is 2.08 bits per heavy atom. The summed E-state index contributed by atoms with van der Waals surface area (Å²) in [4.78, 5) is 13.1. The van der Waals surface area contributed by atoms with Crippen molar-refractivity contribution in [3.05, 3.63) is 96.1 Å². The molecule has 3 aromatic rings. The number of carbonyl (C=O) groups is 1. The van der Waals surface area contributed by atoms with Crippen LogP contribution in [0.5, 0.6) is 0 Å². The normalized spacial score (nSPS) is 11.7. The zero-order valence-corrected chi connectivity index (χ0v) is 13.8. The summed E-state index contributed by atoms with van der Waals surface area (Å²) in [5.74, 6) is 0.134. The Bertz CT molecular complexity index is 775. The van der Waals surface area contributed by atoms with Crippen LogP contribution in [0, 0.1) is 0 Å². The van der Waals surface area contributed by atoms with Gasteiger partial charge in [0.2, 0.25) is 0 Å². The molecular formula is C20H17NO2S. The van der Waals surface area contributed by atoms with E-state index in [4.69, 9.17) is 0 Å². The quantitative estimate of drug-likeness (QED) is 0.758. The molecule has 0 saturated carbocycles. The standard InChI is InChI=1S/C20H17NO2S/c22-20(21-17-11-5-2-6-12-17)18-13-7-8-14-19(18)24(23)15-16-9-3-1-4-10-16/h1-14H,15H2,(H,21,22). The lowest BCUT2D eigenvalue weighted by molar-refractivity contribution is 0.102. The monoisotopic (exact) mass is 335 g/mol. The zero-order chi connectivity index (χ0) is 16.8. The summed E-state index contributed by atoms with van der Waals surface area (Å²) < 4.78 is 12.7. The van der Waals surface area contributed by atoms with Crippen LogP contribution in [0.2, 0.25) is 0 Å². The van der Waals surface area contributed by atoms with E-state index < -0.39 is 10.8 Å². The van der Waals surface area contributed by atoms with E-state index in [2.05, 4.69) is 5.32 Å². The molecule has 0 bridgehead atoms. The third kappa shape index (κ3) is 3.97. The SMILES string of the molecule is O=C(Nc1ccccc1)c1ccccc1S(=O)Cc1ccccc1. The number of hydrogen-bond donors (Lipinski definition) is 1. The van der Waals surface area contributed by atoms with Crippen LogP contribution in [0.25, 0.3) is 0 Å². The first-order chi connectivity index (χ1) is 11.7. The second kappa shape index (κ2) is 7.70. The minimum Gasteiger partial charge on any atom is -0.322 e. The highest BCUT2D eigenvalue weighted by Gasteiger charge is 2.16. The Morgan fingerprint density at radius 1 is 0.792 bits per heavy atom. The Balaban J connectivity index is 1.82. The fourth-order valence-electron chi connectivity index (χ4n) is 2.38. The predicted octanol–water partition coefficient (Wildman–Crippen LogP) is 4.25. The van der Waals surface area contributed by atoms with Crippen molar-refractivity contribution in [1.82, 2.24) is 0 Å². The number of benzene rings is 3. The first-order valence-electron chi connectivity index (χ1n) is 7.62. The van der Waals surface area contributed by atoms with E-state index in [1.54, 1.807) is 24.3 Å². The van der Waals surface area contributed by atoms with E-state index >= 15 is 0 Å². The molecule has 4 heteroatoms. The van der Waals surface area contributed by atoms with Crippen molar-refractivity contribution in [2.45, 2.75) is 10.6 Å². The molecule has 1 amide bonds. The van der Waals surface area contributed by atoms with Crippen molar-refractivity contribution in [2.75, 3.05) is 5.32 Å². The van der Waals surface area contributed by atoms with Crippen LogP contribution < -0.4 is 5.32 Å². The summed E-state index contributed by atoms with van der Waals surface area (Å²) in [6.07, 6.45) is 0. The predicted molar refractivity (Wildman–Crippen MR) is 97.4 cm³/mol. The second-order valence-electron chi connectivity index (χ2n) is 5.29. The maximum atomic E-state index is 12.7. The van der Waals surface area contributed by atoms with Crippen molar-refractivity contribution >= 4 is 22.4 Å². The van der Waals surface area contributed by atoms with Gasteiger partial charge in [0.1, 0.15) is 0 Å². The summed E-state index contributed by atoms with van der Waals surface area (Å²) in [5.41, 5.74) is 2.14. The van der Waals surface area contributed by atoms with Crippen LogP contribution in [0.15, 0.2) is 89.8 Å². The molecule has 0 aliphatic carbocycles. The summed E-state index contributed by atoms with van der Waals surface area (Å²) in [5, 5.41) is 2.84. The smallest absolute Gasteiger partial charge is 0.256 e. The topological polar surface area (TPSA) is 46.2 Å². The molecule has 1 unspecified atom stereocenters. The maximum Gasteiger partial charge on any atom is 0.256 e. The van der Waals surface area contributed by atoms with Gasteiger partial charge >= 0.3 is 0 Å². The van der Waals surface area contributed by atoms with Gasteiger partial charge in [0, 0.05) is 5.69 Å². The number of rotatable bonds is 5. The minimum atomic E-state index is -1.29. The van der Waals surface area contributed by atoms with E-state index in [0.29, 0.717) is 21.9 Å². The average Bonchev–Trinajstić information content (AvgIpc) is 2.63. The maximum absolute atomic E-state index is 12.7. The van der Waals surface area contributed by atoms with Crippen LogP contribution in [0.4, 0.5) is 5.69 Å². The minimum absolute atomic E-state index is 0.252. The van der Waals surface area contributed by atoms with Crippen LogP contribution in [-0.4, -0.2) is 10.1 Å². The molecule has 3 aromatic carbocycles. The lowest BCUT2D eigenvalue weighted by atomic mass is 10.2. The van der Waals surface area contributed by atoms with Crippen LogP contribution in [0.1, 0.15) is 15.9 Å². The second-order valence-corrected chi connectivity index (χ2v) is 6.71. The molecule has 120 valence electrons. The molecule has 3 rings (SSSR count). The van der Waals surface area contributed by atoms with Gasteiger partial charge in [0.25, 0.3) is 5.91 Å². The fraction of sp³-hybridized carbons (Fsp3) is 0.0500. The molecule has 1 atom stereocenters. The molecule has 3 nitrogen and oxygen atoms in total. The van der Waals surface area contributed by atoms with Gasteiger partial charge in [-0.2, -0.15) is 0 Å². The first kappa shape index (κ1) is 16.1. The Labute approximate surface area is 143 Å². The highest BCUT2D eigenvalue weighted by atomic mass is 32.2. The molecule has 0 radical (unpaired) electrons. The zero-order valence-electron chi connectivity index (χ0n) is 13.0. The van der Waals surface area contributed by atoms with E-state index in [1.165, 1.54) is 0 Å². The average molecular weight is 335 g/mol. The van der Waals surface area contributed by atoms with E-state index in [9.17, 15) is 9.00 Å². The van der Waals surface area contributed by atoms with E-state index in [0.717, 1.165) is 5.56 Å². The largest absolute Gasteiger partial charge is 0.322 e. The molecule has 0 spiro atoms. The molecule has 0 aliphatic rings. The van der Waals surface area contributed by atoms with Crippen LogP contribution >= 0.6 is 0 Å². The number of carbonyl (C=O) groups excluding carboxylic acids is 1. The fourth-order valence-corrected chi connectivity index (χ4v) is 3.66. The van der Waals surface area contributed by atoms with Gasteiger partial charge in [-0.05, 0) is 29.8 Å². The Kier molecular flexibility index (Phi) is 5.18. The van der Waals surface area contributed by atoms with Crippen molar-refractivity contribution in [2.24, 2.45) is 0 Å². The molecule has 0 heterocycles. The van der Waals surface area contributed by atoms with Crippen molar-refractivity contribution in [1.29, 1.82) is 0 Å². The molecule has 0 aromatic heterocycles. The lowest BCUT2D eigenvalue weighted by Gasteiger charge is -2.10. The first-order valence-corrected chi connectivity index (χ1v) is 8.93. The summed E-state index contributed by atoms with van der Waals surface area (Å²) in [6.45, 7) is 0. The van der Waals surface area contributed by atoms with Gasteiger partial charge in [-0.15, -0.1) is 0 Å². The Morgan fingerprint density at radius 2 is 1.38 bits per heavy atom. The highest BCUT2D eigenvalue weighted by molar-refractivity contribution is 7.84. The molecule has 0 saturated heterocycles. The van der Waals surface area contributed by atoms with Crippen molar-refractivity contribution in [3.63, 3.8) is 0 Å². The molecule has 1 N–H and O–H groups in total. The molecular weight excluding hydrogens is 318 g/mol.